The largest absolute Gasteiger partial charge is 0.419 e. The van der Waals surface area contributed by atoms with Crippen LogP contribution in [-0.4, -0.2) is 22.4 Å². The van der Waals surface area contributed by atoms with Crippen molar-refractivity contribution in [3.05, 3.63) is 96.3 Å². The second kappa shape index (κ2) is 8.88. The van der Waals surface area contributed by atoms with Crippen molar-refractivity contribution in [1.29, 1.82) is 0 Å². The number of nitrogens with zero attached hydrogens (tertiary/aromatic N) is 3. The minimum absolute atomic E-state index is 0.413. The number of hydrogen-bond acceptors (Lipinski definition) is 3. The summed E-state index contributed by atoms with van der Waals surface area (Å²) in [5.74, 6) is 0.477. The van der Waals surface area contributed by atoms with E-state index in [2.05, 4.69) is 19.1 Å². The fourth-order valence-corrected chi connectivity index (χ4v) is 3.78. The van der Waals surface area contributed by atoms with Crippen molar-refractivity contribution < 1.29 is 9.53 Å². The van der Waals surface area contributed by atoms with Gasteiger partial charge in [0.05, 0.1) is 11.4 Å². The van der Waals surface area contributed by atoms with E-state index in [1.54, 1.807) is 11.0 Å². The van der Waals surface area contributed by atoms with Crippen LogP contribution in [0.2, 0.25) is 0 Å². The average Bonchev–Trinajstić information content (AvgIpc) is 3.09. The van der Waals surface area contributed by atoms with E-state index in [-0.39, 0.29) is 0 Å². The Morgan fingerprint density at radius 3 is 2.29 bits per heavy atom. The van der Waals surface area contributed by atoms with Gasteiger partial charge in [0.1, 0.15) is 5.75 Å². The molecule has 1 aromatic heterocycles. The molecule has 0 saturated heterocycles. The number of ether oxygens (including phenoxy) is 1. The smallest absolute Gasteiger partial charge is 0.410 e. The zero-order valence-electron chi connectivity index (χ0n) is 17.9. The Labute approximate surface area is 182 Å². The maximum atomic E-state index is 12.8. The molecule has 0 fully saturated rings. The quantitative estimate of drug-likeness (QED) is 0.394. The molecule has 4 rings (SSSR count). The molecule has 5 heteroatoms. The van der Waals surface area contributed by atoms with Crippen molar-refractivity contribution in [3.8, 4) is 22.6 Å². The van der Waals surface area contributed by atoms with Gasteiger partial charge in [-0.2, -0.15) is 5.10 Å². The number of benzene rings is 3. The Balaban J connectivity index is 1.62. The van der Waals surface area contributed by atoms with Crippen LogP contribution >= 0.6 is 0 Å². The third-order valence-corrected chi connectivity index (χ3v) is 5.23. The predicted octanol–water partition coefficient (Wildman–Crippen LogP) is 6.18. The highest BCUT2D eigenvalue weighted by Crippen LogP contribution is 2.29. The number of aromatic nitrogens is 2. The number of aryl methyl sites for hydroxylation is 1. The van der Waals surface area contributed by atoms with Gasteiger partial charge in [-0.3, -0.25) is 4.90 Å². The normalized spacial score (nSPS) is 10.7. The zero-order chi connectivity index (χ0) is 21.8. The highest BCUT2D eigenvalue weighted by molar-refractivity contribution is 5.89. The van der Waals surface area contributed by atoms with Crippen LogP contribution < -0.4 is 9.64 Å². The molecule has 0 spiro atoms. The molecule has 156 valence electrons. The number of anilines is 1. The van der Waals surface area contributed by atoms with E-state index < -0.39 is 6.09 Å². The molecule has 1 amide bonds. The zero-order valence-corrected chi connectivity index (χ0v) is 17.9. The summed E-state index contributed by atoms with van der Waals surface area (Å²) in [7, 11) is 0. The van der Waals surface area contributed by atoms with Gasteiger partial charge in [-0.1, -0.05) is 54.6 Å². The van der Waals surface area contributed by atoms with Gasteiger partial charge in [-0.15, -0.1) is 0 Å². The fraction of sp³-hybridized carbons (Fsp3) is 0.154. The minimum atomic E-state index is -0.413. The van der Waals surface area contributed by atoms with E-state index in [1.165, 1.54) is 0 Å². The van der Waals surface area contributed by atoms with Crippen LogP contribution in [-0.2, 0) is 0 Å². The first-order chi connectivity index (χ1) is 15.1. The molecule has 0 atom stereocenters. The lowest BCUT2D eigenvalue weighted by molar-refractivity contribution is 0.208. The molecule has 1 heterocycles. The third kappa shape index (κ3) is 4.21. The summed E-state index contributed by atoms with van der Waals surface area (Å²) in [6.45, 7) is 6.50. The predicted molar refractivity (Wildman–Crippen MR) is 124 cm³/mol. The van der Waals surface area contributed by atoms with Crippen molar-refractivity contribution in [2.24, 2.45) is 0 Å². The van der Waals surface area contributed by atoms with E-state index >= 15 is 0 Å². The molecule has 0 unspecified atom stereocenters. The number of carbonyl (C=O) groups excluding carboxylic acids is 1. The fourth-order valence-electron chi connectivity index (χ4n) is 3.78. The van der Waals surface area contributed by atoms with Crippen LogP contribution in [0.5, 0.6) is 5.75 Å². The topological polar surface area (TPSA) is 47.4 Å². The summed E-state index contributed by atoms with van der Waals surface area (Å²) >= 11 is 0. The van der Waals surface area contributed by atoms with Crippen LogP contribution in [0.3, 0.4) is 0 Å². The molecule has 4 aromatic rings. The lowest BCUT2D eigenvalue weighted by atomic mass is 10.0. The van der Waals surface area contributed by atoms with Gasteiger partial charge in [0, 0.05) is 29.6 Å². The molecule has 31 heavy (non-hydrogen) atoms. The summed E-state index contributed by atoms with van der Waals surface area (Å²) in [5, 5.41) is 4.74. The van der Waals surface area contributed by atoms with Gasteiger partial charge in [0.25, 0.3) is 0 Å². The Kier molecular flexibility index (Phi) is 5.85. The van der Waals surface area contributed by atoms with Gasteiger partial charge in [0.15, 0.2) is 0 Å². The third-order valence-electron chi connectivity index (χ3n) is 5.23. The maximum absolute atomic E-state index is 12.8. The molecule has 0 radical (unpaired) electrons. The molecule has 0 aliphatic heterocycles. The number of carbonyl (C=O) groups is 1. The molecular formula is C26H25N3O2. The molecule has 0 aliphatic carbocycles. The van der Waals surface area contributed by atoms with Crippen molar-refractivity contribution in [2.45, 2.75) is 20.8 Å². The lowest BCUT2D eigenvalue weighted by Gasteiger charge is -2.20. The summed E-state index contributed by atoms with van der Waals surface area (Å²) in [6, 6.07) is 27.2. The second-order valence-corrected chi connectivity index (χ2v) is 7.27. The number of rotatable bonds is 5. The highest BCUT2D eigenvalue weighted by Gasteiger charge is 2.18. The summed E-state index contributed by atoms with van der Waals surface area (Å²) < 4.78 is 7.58. The minimum Gasteiger partial charge on any atom is -0.410 e. The number of hydrogen-bond donors (Lipinski definition) is 0. The molecule has 0 saturated carbocycles. The van der Waals surface area contributed by atoms with Crippen LogP contribution in [0.4, 0.5) is 10.5 Å². The lowest BCUT2D eigenvalue weighted by Crippen LogP contribution is -2.33. The Morgan fingerprint density at radius 1 is 0.935 bits per heavy atom. The Bertz CT molecular complexity index is 1180. The summed E-state index contributed by atoms with van der Waals surface area (Å²) in [5.41, 5.74) is 5.88. The second-order valence-electron chi connectivity index (χ2n) is 7.27. The molecule has 5 nitrogen and oxygen atoms in total. The molecule has 0 N–H and O–H groups in total. The summed E-state index contributed by atoms with van der Waals surface area (Å²) in [4.78, 5) is 14.4. The average molecular weight is 412 g/mol. The van der Waals surface area contributed by atoms with Gasteiger partial charge >= 0.3 is 6.09 Å². The van der Waals surface area contributed by atoms with Gasteiger partial charge in [0.2, 0.25) is 0 Å². The molecular weight excluding hydrogens is 386 g/mol. The van der Waals surface area contributed by atoms with Gasteiger partial charge in [-0.25, -0.2) is 9.48 Å². The standard InChI is InChI=1S/C26H25N3O2/c1-4-28(22-14-9-6-10-15-22)26(30)31-24-17-11-16-23(18-24)29-20(3)25(19(2)27-29)21-12-7-5-8-13-21/h5-18H,4H2,1-3H3. The van der Waals surface area contributed by atoms with Crippen LogP contribution in [0.1, 0.15) is 18.3 Å². The Hall–Kier alpha value is -3.86. The van der Waals surface area contributed by atoms with Crippen molar-refractivity contribution in [3.63, 3.8) is 0 Å². The van der Waals surface area contributed by atoms with Crippen molar-refractivity contribution in [2.75, 3.05) is 11.4 Å². The van der Waals surface area contributed by atoms with E-state index in [1.807, 2.05) is 85.3 Å². The number of amides is 1. The maximum Gasteiger partial charge on any atom is 0.419 e. The van der Waals surface area contributed by atoms with E-state index in [0.717, 1.165) is 33.9 Å². The van der Waals surface area contributed by atoms with E-state index in [0.29, 0.717) is 12.3 Å². The van der Waals surface area contributed by atoms with Crippen molar-refractivity contribution >= 4 is 11.8 Å². The molecule has 3 aromatic carbocycles. The Morgan fingerprint density at radius 2 is 1.61 bits per heavy atom. The van der Waals surface area contributed by atoms with Crippen LogP contribution in [0.25, 0.3) is 16.8 Å². The first-order valence-electron chi connectivity index (χ1n) is 10.3. The first kappa shape index (κ1) is 20.4. The monoisotopic (exact) mass is 411 g/mol. The number of para-hydroxylation sites is 1. The van der Waals surface area contributed by atoms with Crippen LogP contribution in [0, 0.1) is 13.8 Å². The highest BCUT2D eigenvalue weighted by atomic mass is 16.6. The van der Waals surface area contributed by atoms with E-state index in [4.69, 9.17) is 9.84 Å². The van der Waals surface area contributed by atoms with Gasteiger partial charge < -0.3 is 4.74 Å². The summed E-state index contributed by atoms with van der Waals surface area (Å²) in [6.07, 6.45) is -0.413. The molecule has 0 bridgehead atoms. The first-order valence-corrected chi connectivity index (χ1v) is 10.3. The van der Waals surface area contributed by atoms with Gasteiger partial charge in [-0.05, 0) is 50.6 Å². The van der Waals surface area contributed by atoms with Crippen LogP contribution in [0.15, 0.2) is 84.9 Å². The SMILES string of the molecule is CCN(C(=O)Oc1cccc(-n2nc(C)c(-c3ccccc3)c2C)c1)c1ccccc1. The molecule has 0 aliphatic rings. The van der Waals surface area contributed by atoms with Crippen molar-refractivity contribution in [1.82, 2.24) is 9.78 Å². The van der Waals surface area contributed by atoms with E-state index in [9.17, 15) is 4.79 Å².